The molecule has 0 radical (unpaired) electrons. The summed E-state index contributed by atoms with van der Waals surface area (Å²) in [6, 6.07) is 5.05. The molecule has 0 bridgehead atoms. The summed E-state index contributed by atoms with van der Waals surface area (Å²) < 4.78 is 30.2. The maximum Gasteiger partial charge on any atom is 0.193 e. The number of nitrogens with one attached hydrogen (secondary N) is 1. The summed E-state index contributed by atoms with van der Waals surface area (Å²) >= 11 is 0. The van der Waals surface area contributed by atoms with Gasteiger partial charge in [-0.1, -0.05) is 6.07 Å². The van der Waals surface area contributed by atoms with E-state index in [0.29, 0.717) is 25.0 Å². The van der Waals surface area contributed by atoms with Crippen LogP contribution in [0.3, 0.4) is 0 Å². The van der Waals surface area contributed by atoms with Crippen molar-refractivity contribution in [2.45, 2.75) is 38.8 Å². The van der Waals surface area contributed by atoms with Crippen molar-refractivity contribution in [3.05, 3.63) is 29.6 Å². The lowest BCUT2D eigenvalue weighted by Crippen LogP contribution is -2.46. The lowest BCUT2D eigenvalue weighted by molar-refractivity contribution is 0.00989. The number of hydrogen-bond donors (Lipinski definition) is 1. The average Bonchev–Trinajstić information content (AvgIpc) is 2.69. The Morgan fingerprint density at radius 3 is 2.70 bits per heavy atom. The van der Waals surface area contributed by atoms with E-state index < -0.39 is 0 Å². The Hall–Kier alpha value is -1.86. The molecule has 0 atom stereocenters. The van der Waals surface area contributed by atoms with Gasteiger partial charge in [0.2, 0.25) is 0 Å². The van der Waals surface area contributed by atoms with E-state index >= 15 is 0 Å². The van der Waals surface area contributed by atoms with Crippen molar-refractivity contribution in [1.82, 2.24) is 10.2 Å². The normalized spacial score (nSPS) is 15.9. The third kappa shape index (κ3) is 6.99. The van der Waals surface area contributed by atoms with E-state index in [1.807, 2.05) is 13.0 Å². The summed E-state index contributed by atoms with van der Waals surface area (Å²) in [5.41, 5.74) is 0.855. The van der Waals surface area contributed by atoms with Gasteiger partial charge in [0.05, 0.1) is 12.7 Å². The summed E-state index contributed by atoms with van der Waals surface area (Å²) in [6.45, 7) is 6.08. The van der Waals surface area contributed by atoms with Crippen molar-refractivity contribution in [2.24, 2.45) is 4.99 Å². The quantitative estimate of drug-likeness (QED) is 0.405. The van der Waals surface area contributed by atoms with Gasteiger partial charge in [-0.3, -0.25) is 4.99 Å². The molecule has 2 rings (SSSR count). The predicted molar refractivity (Wildman–Crippen MR) is 105 cm³/mol. The summed E-state index contributed by atoms with van der Waals surface area (Å²) in [6.07, 6.45) is 3.19. The number of rotatable bonds is 9. The van der Waals surface area contributed by atoms with Crippen LogP contribution in [0.15, 0.2) is 23.2 Å². The van der Waals surface area contributed by atoms with Gasteiger partial charge in [-0.2, -0.15) is 0 Å². The molecule has 1 aliphatic rings. The Balaban J connectivity index is 1.77. The molecule has 1 heterocycles. The van der Waals surface area contributed by atoms with Gasteiger partial charge in [0, 0.05) is 47.0 Å². The second-order valence-corrected chi connectivity index (χ2v) is 6.50. The van der Waals surface area contributed by atoms with Crippen molar-refractivity contribution >= 4 is 5.96 Å². The standard InChI is InChI=1S/C20H32FN3O3/c1-4-26-19-7-6-16(14-18(19)21)15-23-20(22-2)24-10-8-17(9-11-24)27-13-5-12-25-3/h6-7,14,17H,4-5,8-13,15H2,1-3H3,(H,22,23). The first kappa shape index (κ1) is 21.4. The van der Waals surface area contributed by atoms with Gasteiger partial charge in [0.15, 0.2) is 17.5 Å². The number of likely N-dealkylation sites (tertiary alicyclic amines) is 1. The Morgan fingerprint density at radius 1 is 1.30 bits per heavy atom. The number of methoxy groups -OCH3 is 1. The molecule has 152 valence electrons. The van der Waals surface area contributed by atoms with Crippen molar-refractivity contribution in [3.8, 4) is 5.75 Å². The van der Waals surface area contributed by atoms with E-state index in [4.69, 9.17) is 14.2 Å². The van der Waals surface area contributed by atoms with Crippen LogP contribution in [0.2, 0.25) is 0 Å². The highest BCUT2D eigenvalue weighted by molar-refractivity contribution is 5.79. The molecule has 7 heteroatoms. The monoisotopic (exact) mass is 381 g/mol. The summed E-state index contributed by atoms with van der Waals surface area (Å²) in [7, 11) is 3.48. The number of benzene rings is 1. The first-order valence-electron chi connectivity index (χ1n) is 9.65. The molecule has 1 N–H and O–H groups in total. The largest absolute Gasteiger partial charge is 0.491 e. The summed E-state index contributed by atoms with van der Waals surface area (Å²) in [5.74, 6) is 0.790. The number of hydrogen-bond acceptors (Lipinski definition) is 4. The Morgan fingerprint density at radius 2 is 2.07 bits per heavy atom. The van der Waals surface area contributed by atoms with Crippen LogP contribution < -0.4 is 10.1 Å². The van der Waals surface area contributed by atoms with E-state index in [0.717, 1.165) is 57.1 Å². The van der Waals surface area contributed by atoms with Gasteiger partial charge >= 0.3 is 0 Å². The minimum Gasteiger partial charge on any atom is -0.491 e. The molecule has 0 aromatic heterocycles. The lowest BCUT2D eigenvalue weighted by Gasteiger charge is -2.34. The number of nitrogens with zero attached hydrogens (tertiary/aromatic N) is 2. The van der Waals surface area contributed by atoms with Gasteiger partial charge in [-0.25, -0.2) is 4.39 Å². The van der Waals surface area contributed by atoms with E-state index in [1.165, 1.54) is 6.07 Å². The zero-order chi connectivity index (χ0) is 19.5. The first-order chi connectivity index (χ1) is 13.2. The lowest BCUT2D eigenvalue weighted by atomic mass is 10.1. The van der Waals surface area contributed by atoms with Gasteiger partial charge in [0.1, 0.15) is 0 Å². The van der Waals surface area contributed by atoms with Crippen LogP contribution in [0, 0.1) is 5.82 Å². The molecule has 0 aliphatic carbocycles. The highest BCUT2D eigenvalue weighted by Gasteiger charge is 2.21. The Kier molecular flexibility index (Phi) is 9.35. The van der Waals surface area contributed by atoms with Crippen LogP contribution in [-0.2, 0) is 16.0 Å². The third-order valence-corrected chi connectivity index (χ3v) is 4.55. The highest BCUT2D eigenvalue weighted by Crippen LogP contribution is 2.18. The molecule has 1 aromatic carbocycles. The maximum absolute atomic E-state index is 14.0. The maximum atomic E-state index is 14.0. The van der Waals surface area contributed by atoms with Crippen LogP contribution in [0.4, 0.5) is 4.39 Å². The molecule has 1 aromatic rings. The highest BCUT2D eigenvalue weighted by atomic mass is 19.1. The van der Waals surface area contributed by atoms with Gasteiger partial charge in [-0.05, 0) is 43.9 Å². The van der Waals surface area contributed by atoms with Gasteiger partial charge < -0.3 is 24.4 Å². The molecule has 0 saturated carbocycles. The van der Waals surface area contributed by atoms with E-state index in [-0.39, 0.29) is 5.82 Å². The van der Waals surface area contributed by atoms with E-state index in [1.54, 1.807) is 20.2 Å². The number of piperidine rings is 1. The molecule has 1 fully saturated rings. The van der Waals surface area contributed by atoms with Crippen molar-refractivity contribution in [1.29, 1.82) is 0 Å². The zero-order valence-corrected chi connectivity index (χ0v) is 16.7. The minimum absolute atomic E-state index is 0.290. The number of guanidine groups is 1. The minimum atomic E-state index is -0.336. The molecule has 6 nitrogen and oxygen atoms in total. The number of ether oxygens (including phenoxy) is 3. The van der Waals surface area contributed by atoms with Crippen molar-refractivity contribution < 1.29 is 18.6 Å². The first-order valence-corrected chi connectivity index (χ1v) is 9.65. The summed E-state index contributed by atoms with van der Waals surface area (Å²) in [5, 5.41) is 3.32. The molecular formula is C20H32FN3O3. The molecule has 1 saturated heterocycles. The smallest absolute Gasteiger partial charge is 0.193 e. The third-order valence-electron chi connectivity index (χ3n) is 4.55. The molecule has 27 heavy (non-hydrogen) atoms. The fourth-order valence-corrected chi connectivity index (χ4v) is 3.13. The van der Waals surface area contributed by atoms with Gasteiger partial charge in [-0.15, -0.1) is 0 Å². The number of aliphatic imine (C=N–C) groups is 1. The Bertz CT molecular complexity index is 590. The average molecular weight is 381 g/mol. The van der Waals surface area contributed by atoms with Crippen LogP contribution >= 0.6 is 0 Å². The van der Waals surface area contributed by atoms with Crippen molar-refractivity contribution in [2.75, 3.05) is 47.1 Å². The van der Waals surface area contributed by atoms with Crippen LogP contribution in [0.25, 0.3) is 0 Å². The molecule has 0 amide bonds. The van der Waals surface area contributed by atoms with Crippen molar-refractivity contribution in [3.63, 3.8) is 0 Å². The predicted octanol–water partition coefficient (Wildman–Crippen LogP) is 2.82. The fraction of sp³-hybridized carbons (Fsp3) is 0.650. The van der Waals surface area contributed by atoms with Crippen LogP contribution in [0.1, 0.15) is 31.7 Å². The van der Waals surface area contributed by atoms with E-state index in [2.05, 4.69) is 15.2 Å². The molecular weight excluding hydrogens is 349 g/mol. The second kappa shape index (κ2) is 11.8. The molecule has 0 spiro atoms. The fourth-order valence-electron chi connectivity index (χ4n) is 3.13. The second-order valence-electron chi connectivity index (χ2n) is 6.50. The summed E-state index contributed by atoms with van der Waals surface area (Å²) in [4.78, 5) is 6.59. The van der Waals surface area contributed by atoms with Gasteiger partial charge in [0.25, 0.3) is 0 Å². The SMILES string of the molecule is CCOc1ccc(CNC(=NC)N2CCC(OCCCOC)CC2)cc1F. The Labute approximate surface area is 161 Å². The molecule has 1 aliphatic heterocycles. The number of halogens is 1. The van der Waals surface area contributed by atoms with Crippen LogP contribution in [0.5, 0.6) is 5.75 Å². The van der Waals surface area contributed by atoms with E-state index in [9.17, 15) is 4.39 Å². The topological polar surface area (TPSA) is 55.3 Å². The zero-order valence-electron chi connectivity index (χ0n) is 16.7. The van der Waals surface area contributed by atoms with Crippen LogP contribution in [-0.4, -0.2) is 64.0 Å². The molecule has 0 unspecified atom stereocenters.